The molecule has 0 spiro atoms. The van der Waals surface area contributed by atoms with Crippen molar-refractivity contribution in [2.45, 2.75) is 33.1 Å². The molecule has 2 aromatic rings. The number of hydrogen-bond acceptors (Lipinski definition) is 0. The van der Waals surface area contributed by atoms with E-state index in [2.05, 4.69) is 13.0 Å². The van der Waals surface area contributed by atoms with Crippen molar-refractivity contribution in [1.29, 1.82) is 0 Å². The summed E-state index contributed by atoms with van der Waals surface area (Å²) < 4.78 is 37.9. The highest BCUT2D eigenvalue weighted by Crippen LogP contribution is 2.30. The van der Waals surface area contributed by atoms with E-state index < -0.39 is 11.6 Å². The van der Waals surface area contributed by atoms with Crippen LogP contribution in [0, 0.1) is 30.3 Å². The molecule has 0 aliphatic heterocycles. The molecule has 122 valence electrons. The summed E-state index contributed by atoms with van der Waals surface area (Å²) in [5.74, 6) is -0.355. The first-order chi connectivity index (χ1) is 11.0. The van der Waals surface area contributed by atoms with Crippen LogP contribution in [0.3, 0.4) is 0 Å². The number of hydrogen-bond donors (Lipinski definition) is 0. The molecule has 3 heteroatoms. The maximum atomic E-state index is 13.4. The Labute approximate surface area is 135 Å². The second-order valence-electron chi connectivity index (χ2n) is 5.98. The van der Waals surface area contributed by atoms with E-state index in [0.717, 1.165) is 30.4 Å². The summed E-state index contributed by atoms with van der Waals surface area (Å²) in [7, 11) is 0. The van der Waals surface area contributed by atoms with Crippen LogP contribution in [0.15, 0.2) is 48.5 Å². The van der Waals surface area contributed by atoms with E-state index >= 15 is 0 Å². The van der Waals surface area contributed by atoms with Crippen LogP contribution in [-0.4, -0.2) is 0 Å². The Bertz CT molecular complexity index is 689. The monoisotopic (exact) mass is 318 g/mol. The van der Waals surface area contributed by atoms with Gasteiger partial charge in [-0.1, -0.05) is 37.3 Å². The van der Waals surface area contributed by atoms with Crippen LogP contribution in [0.4, 0.5) is 13.2 Å². The first kappa shape index (κ1) is 17.3. The molecule has 0 saturated carbocycles. The maximum absolute atomic E-state index is 13.4. The fraction of sp³-hybridized carbons (Fsp3) is 0.300. The van der Waals surface area contributed by atoms with Gasteiger partial charge in [0.15, 0.2) is 0 Å². The van der Waals surface area contributed by atoms with E-state index in [1.54, 1.807) is 13.0 Å². The zero-order valence-corrected chi connectivity index (χ0v) is 13.5. The van der Waals surface area contributed by atoms with Gasteiger partial charge in [-0.05, 0) is 55.4 Å². The zero-order valence-electron chi connectivity index (χ0n) is 13.5. The molecule has 1 atom stereocenters. The van der Waals surface area contributed by atoms with Crippen LogP contribution in [0.25, 0.3) is 5.57 Å². The normalized spacial score (nSPS) is 17.1. The first-order valence-electron chi connectivity index (χ1n) is 7.83. The largest absolute Gasteiger partial charge is 0.207 e. The summed E-state index contributed by atoms with van der Waals surface area (Å²) in [6, 6.07) is 10.6. The lowest BCUT2D eigenvalue weighted by Gasteiger charge is -2.18. The molecule has 0 aromatic heterocycles. The maximum Gasteiger partial charge on any atom is 0.130 e. The fourth-order valence-electron chi connectivity index (χ4n) is 2.50. The summed E-state index contributed by atoms with van der Waals surface area (Å²) in [4.78, 5) is 0. The summed E-state index contributed by atoms with van der Waals surface area (Å²) in [6.45, 7) is 3.84. The van der Waals surface area contributed by atoms with Gasteiger partial charge in [0.2, 0.25) is 0 Å². The highest BCUT2D eigenvalue weighted by atomic mass is 19.1. The third-order valence-electron chi connectivity index (χ3n) is 4.03. The van der Waals surface area contributed by atoms with Gasteiger partial charge < -0.3 is 0 Å². The van der Waals surface area contributed by atoms with Crippen molar-refractivity contribution in [3.05, 3.63) is 77.1 Å². The third-order valence-corrected chi connectivity index (χ3v) is 4.03. The molecule has 23 heavy (non-hydrogen) atoms. The lowest BCUT2D eigenvalue weighted by Crippen LogP contribution is -2.02. The molecular weight excluding hydrogens is 297 g/mol. The molecule has 1 aliphatic carbocycles. The van der Waals surface area contributed by atoms with Crippen LogP contribution in [0.2, 0.25) is 0 Å². The van der Waals surface area contributed by atoms with Gasteiger partial charge in [-0.3, -0.25) is 0 Å². The number of allylic oxidation sites excluding steroid dienone is 2. The van der Waals surface area contributed by atoms with E-state index in [1.807, 2.05) is 12.1 Å². The minimum absolute atomic E-state index is 0.0895. The van der Waals surface area contributed by atoms with Crippen LogP contribution >= 0.6 is 0 Å². The SMILES string of the molecule is CC1CC=C(c2ccccc2F)CC1.Cc1ccc(F)cc1F. The smallest absolute Gasteiger partial charge is 0.130 e. The van der Waals surface area contributed by atoms with Crippen molar-refractivity contribution in [3.8, 4) is 0 Å². The number of benzene rings is 2. The Morgan fingerprint density at radius 2 is 1.70 bits per heavy atom. The van der Waals surface area contributed by atoms with Gasteiger partial charge in [0, 0.05) is 11.6 Å². The Balaban J connectivity index is 0.000000185. The standard InChI is InChI=1S/C13H15F.C7H6F2/c1-10-6-8-11(9-7-10)12-4-2-3-5-13(12)14;1-5-2-3-6(8)4-7(5)9/h2-5,8,10H,6-7,9H2,1H3;2-4H,1H3. The van der Waals surface area contributed by atoms with Crippen molar-refractivity contribution < 1.29 is 13.2 Å². The quantitative estimate of drug-likeness (QED) is 0.578. The van der Waals surface area contributed by atoms with E-state index in [1.165, 1.54) is 30.2 Å². The van der Waals surface area contributed by atoms with Crippen molar-refractivity contribution >= 4 is 5.57 Å². The summed E-state index contributed by atoms with van der Waals surface area (Å²) in [6.07, 6.45) is 5.47. The molecule has 0 bridgehead atoms. The van der Waals surface area contributed by atoms with Crippen LogP contribution in [0.1, 0.15) is 37.3 Å². The van der Waals surface area contributed by atoms with Crippen LogP contribution in [0.5, 0.6) is 0 Å². The van der Waals surface area contributed by atoms with Gasteiger partial charge in [-0.25, -0.2) is 13.2 Å². The van der Waals surface area contributed by atoms with Crippen LogP contribution in [-0.2, 0) is 0 Å². The molecule has 0 saturated heterocycles. The Hall–Kier alpha value is -2.03. The number of aryl methyl sites for hydroxylation is 1. The molecule has 3 rings (SSSR count). The van der Waals surface area contributed by atoms with Crippen molar-refractivity contribution in [1.82, 2.24) is 0 Å². The second kappa shape index (κ2) is 8.00. The summed E-state index contributed by atoms with van der Waals surface area (Å²) in [5, 5.41) is 0. The molecule has 0 heterocycles. The zero-order chi connectivity index (χ0) is 16.8. The average molecular weight is 318 g/mol. The van der Waals surface area contributed by atoms with Gasteiger partial charge >= 0.3 is 0 Å². The fourth-order valence-corrected chi connectivity index (χ4v) is 2.50. The lowest BCUT2D eigenvalue weighted by atomic mass is 9.87. The number of halogens is 3. The Morgan fingerprint density at radius 1 is 0.957 bits per heavy atom. The predicted molar refractivity (Wildman–Crippen MR) is 88.5 cm³/mol. The topological polar surface area (TPSA) is 0 Å². The van der Waals surface area contributed by atoms with E-state index in [4.69, 9.17) is 0 Å². The van der Waals surface area contributed by atoms with E-state index in [9.17, 15) is 13.2 Å². The lowest BCUT2D eigenvalue weighted by molar-refractivity contribution is 0.531. The molecule has 0 fully saturated rings. The third kappa shape index (κ3) is 4.98. The predicted octanol–water partition coefficient (Wildman–Crippen LogP) is 6.30. The van der Waals surface area contributed by atoms with Gasteiger partial charge in [-0.15, -0.1) is 0 Å². The highest BCUT2D eigenvalue weighted by molar-refractivity contribution is 5.66. The Kier molecular flexibility index (Phi) is 6.03. The number of rotatable bonds is 1. The molecule has 0 nitrogen and oxygen atoms in total. The van der Waals surface area contributed by atoms with Crippen molar-refractivity contribution in [3.63, 3.8) is 0 Å². The molecule has 1 unspecified atom stereocenters. The minimum atomic E-state index is -0.530. The Morgan fingerprint density at radius 3 is 2.26 bits per heavy atom. The van der Waals surface area contributed by atoms with Crippen molar-refractivity contribution in [2.75, 3.05) is 0 Å². The van der Waals surface area contributed by atoms with E-state index in [0.29, 0.717) is 5.56 Å². The summed E-state index contributed by atoms with van der Waals surface area (Å²) in [5.41, 5.74) is 2.44. The molecule has 1 aliphatic rings. The second-order valence-corrected chi connectivity index (χ2v) is 5.98. The molecular formula is C20H21F3. The van der Waals surface area contributed by atoms with Crippen LogP contribution < -0.4 is 0 Å². The molecule has 0 amide bonds. The van der Waals surface area contributed by atoms with Gasteiger partial charge in [-0.2, -0.15) is 0 Å². The van der Waals surface area contributed by atoms with Crippen molar-refractivity contribution in [2.24, 2.45) is 5.92 Å². The van der Waals surface area contributed by atoms with E-state index in [-0.39, 0.29) is 5.82 Å². The summed E-state index contributed by atoms with van der Waals surface area (Å²) >= 11 is 0. The van der Waals surface area contributed by atoms with Gasteiger partial charge in [0.05, 0.1) is 0 Å². The molecule has 0 radical (unpaired) electrons. The first-order valence-corrected chi connectivity index (χ1v) is 7.83. The highest BCUT2D eigenvalue weighted by Gasteiger charge is 2.13. The van der Waals surface area contributed by atoms with Gasteiger partial charge in [0.1, 0.15) is 17.5 Å². The van der Waals surface area contributed by atoms with Gasteiger partial charge in [0.25, 0.3) is 0 Å². The average Bonchev–Trinajstić information content (AvgIpc) is 2.53. The molecule has 2 aromatic carbocycles. The molecule has 0 N–H and O–H groups in total. The minimum Gasteiger partial charge on any atom is -0.207 e.